The monoisotopic (exact) mass is 188 g/mol. The summed E-state index contributed by atoms with van der Waals surface area (Å²) in [7, 11) is 0. The predicted molar refractivity (Wildman–Crippen MR) is 51.6 cm³/mol. The first-order chi connectivity index (χ1) is 6.11. The highest BCUT2D eigenvalue weighted by Gasteiger charge is 2.22. The highest BCUT2D eigenvalue weighted by molar-refractivity contribution is 4.81. The van der Waals surface area contributed by atoms with Crippen LogP contribution in [0.3, 0.4) is 0 Å². The largest absolute Gasteiger partial charge is 0.394 e. The maximum Gasteiger partial charge on any atom is 0.0897 e. The van der Waals surface area contributed by atoms with E-state index in [1.54, 1.807) is 0 Å². The van der Waals surface area contributed by atoms with Gasteiger partial charge in [-0.3, -0.25) is 4.90 Å². The summed E-state index contributed by atoms with van der Waals surface area (Å²) in [6.07, 6.45) is -0.600. The van der Waals surface area contributed by atoms with Crippen LogP contribution in [0.25, 0.3) is 0 Å². The Hall–Kier alpha value is -0.160. The van der Waals surface area contributed by atoms with Gasteiger partial charge in [-0.1, -0.05) is 0 Å². The van der Waals surface area contributed by atoms with Crippen molar-refractivity contribution in [2.24, 2.45) is 0 Å². The van der Waals surface area contributed by atoms with E-state index in [0.29, 0.717) is 18.6 Å². The summed E-state index contributed by atoms with van der Waals surface area (Å²) in [4.78, 5) is 2.19. The van der Waals surface area contributed by atoms with E-state index in [1.165, 1.54) is 0 Å². The molecule has 0 saturated carbocycles. The van der Waals surface area contributed by atoms with Crippen LogP contribution in [0.2, 0.25) is 0 Å². The van der Waals surface area contributed by atoms with Gasteiger partial charge in [0, 0.05) is 31.7 Å². The van der Waals surface area contributed by atoms with Crippen LogP contribution in [0, 0.1) is 0 Å². The molecule has 1 rings (SSSR count). The first kappa shape index (κ1) is 10.9. The van der Waals surface area contributed by atoms with Gasteiger partial charge in [0.1, 0.15) is 0 Å². The number of nitrogens with zero attached hydrogens (tertiary/aromatic N) is 1. The zero-order valence-electron chi connectivity index (χ0n) is 8.40. The molecule has 4 nitrogen and oxygen atoms in total. The number of aliphatic hydroxyl groups is 2. The fraction of sp³-hybridized carbons (Fsp3) is 1.00. The minimum absolute atomic E-state index is 0.146. The van der Waals surface area contributed by atoms with E-state index in [9.17, 15) is 5.11 Å². The molecule has 1 aliphatic rings. The highest BCUT2D eigenvalue weighted by atomic mass is 16.3. The Morgan fingerprint density at radius 3 is 2.38 bits per heavy atom. The van der Waals surface area contributed by atoms with Crippen LogP contribution in [-0.2, 0) is 0 Å². The minimum atomic E-state index is -0.600. The summed E-state index contributed by atoms with van der Waals surface area (Å²) < 4.78 is 0. The lowest BCUT2D eigenvalue weighted by Crippen LogP contribution is -2.55. The number of nitrogens with one attached hydrogen (secondary N) is 1. The molecule has 0 aromatic carbocycles. The third-order valence-corrected chi connectivity index (χ3v) is 2.31. The van der Waals surface area contributed by atoms with Crippen LogP contribution in [0.15, 0.2) is 0 Å². The standard InChI is InChI=1S/C9H20N2O2/c1-7-3-11(4-8(2)10-7)5-9(13)6-12/h7-10,12-13H,3-6H2,1-2H3. The molecule has 4 heteroatoms. The lowest BCUT2D eigenvalue weighted by Gasteiger charge is -2.36. The maximum atomic E-state index is 9.27. The van der Waals surface area contributed by atoms with Gasteiger partial charge >= 0.3 is 0 Å². The molecular weight excluding hydrogens is 168 g/mol. The summed E-state index contributed by atoms with van der Waals surface area (Å²) >= 11 is 0. The normalized spacial score (nSPS) is 33.2. The Bertz CT molecular complexity index is 145. The number of rotatable bonds is 3. The number of hydrogen-bond donors (Lipinski definition) is 3. The number of aliphatic hydroxyl groups excluding tert-OH is 2. The number of hydrogen-bond acceptors (Lipinski definition) is 4. The molecule has 0 radical (unpaired) electrons. The molecule has 0 amide bonds. The van der Waals surface area contributed by atoms with Crippen molar-refractivity contribution >= 4 is 0 Å². The topological polar surface area (TPSA) is 55.7 Å². The van der Waals surface area contributed by atoms with Crippen LogP contribution in [0.4, 0.5) is 0 Å². The molecule has 1 fully saturated rings. The Kier molecular flexibility index (Phi) is 4.12. The molecule has 0 bridgehead atoms. The first-order valence-corrected chi connectivity index (χ1v) is 4.89. The minimum Gasteiger partial charge on any atom is -0.394 e. The van der Waals surface area contributed by atoms with Crippen LogP contribution < -0.4 is 5.32 Å². The van der Waals surface area contributed by atoms with Crippen LogP contribution in [-0.4, -0.2) is 59.5 Å². The molecule has 1 aliphatic heterocycles. The van der Waals surface area contributed by atoms with E-state index in [1.807, 2.05) is 0 Å². The van der Waals surface area contributed by atoms with Gasteiger partial charge in [-0.25, -0.2) is 0 Å². The average Bonchev–Trinajstić information content (AvgIpc) is 2.02. The third kappa shape index (κ3) is 3.60. The summed E-state index contributed by atoms with van der Waals surface area (Å²) in [6.45, 7) is 6.59. The van der Waals surface area contributed by atoms with Crippen molar-refractivity contribution in [1.82, 2.24) is 10.2 Å². The fourth-order valence-electron chi connectivity index (χ4n) is 1.95. The third-order valence-electron chi connectivity index (χ3n) is 2.31. The molecule has 78 valence electrons. The van der Waals surface area contributed by atoms with E-state index in [-0.39, 0.29) is 6.61 Å². The van der Waals surface area contributed by atoms with Crippen LogP contribution >= 0.6 is 0 Å². The van der Waals surface area contributed by atoms with Gasteiger partial charge in [-0.2, -0.15) is 0 Å². The molecule has 0 aliphatic carbocycles. The van der Waals surface area contributed by atoms with Crippen LogP contribution in [0.5, 0.6) is 0 Å². The Labute approximate surface area is 79.6 Å². The van der Waals surface area contributed by atoms with Gasteiger partial charge in [0.15, 0.2) is 0 Å². The molecular formula is C9H20N2O2. The molecule has 1 heterocycles. The zero-order valence-corrected chi connectivity index (χ0v) is 8.40. The molecule has 1 saturated heterocycles. The Morgan fingerprint density at radius 2 is 1.92 bits per heavy atom. The van der Waals surface area contributed by atoms with E-state index >= 15 is 0 Å². The molecule has 3 unspecified atom stereocenters. The van der Waals surface area contributed by atoms with Gasteiger partial charge in [0.05, 0.1) is 12.7 Å². The number of piperazine rings is 1. The lowest BCUT2D eigenvalue weighted by atomic mass is 10.1. The molecule has 0 aromatic heterocycles. The summed E-state index contributed by atoms with van der Waals surface area (Å²) in [5, 5.41) is 21.4. The highest BCUT2D eigenvalue weighted by Crippen LogP contribution is 2.04. The second-order valence-electron chi connectivity index (χ2n) is 4.02. The molecule has 3 N–H and O–H groups in total. The van der Waals surface area contributed by atoms with E-state index in [4.69, 9.17) is 5.11 Å². The number of β-amino-alcohol motifs (C(OH)–C–C–N with tert-alkyl or cyclic N) is 1. The van der Waals surface area contributed by atoms with Crippen molar-refractivity contribution in [3.63, 3.8) is 0 Å². The smallest absolute Gasteiger partial charge is 0.0897 e. The van der Waals surface area contributed by atoms with E-state index < -0.39 is 6.10 Å². The van der Waals surface area contributed by atoms with Gasteiger partial charge < -0.3 is 15.5 Å². The van der Waals surface area contributed by atoms with Crippen molar-refractivity contribution in [1.29, 1.82) is 0 Å². The molecule has 0 spiro atoms. The van der Waals surface area contributed by atoms with E-state index in [0.717, 1.165) is 13.1 Å². The zero-order chi connectivity index (χ0) is 9.84. The predicted octanol–water partition coefficient (Wildman–Crippen LogP) is -0.978. The van der Waals surface area contributed by atoms with E-state index in [2.05, 4.69) is 24.1 Å². The Morgan fingerprint density at radius 1 is 1.38 bits per heavy atom. The van der Waals surface area contributed by atoms with Gasteiger partial charge in [-0.05, 0) is 13.8 Å². The lowest BCUT2D eigenvalue weighted by molar-refractivity contribution is 0.0448. The van der Waals surface area contributed by atoms with Gasteiger partial charge in [0.2, 0.25) is 0 Å². The first-order valence-electron chi connectivity index (χ1n) is 4.89. The molecule has 3 atom stereocenters. The van der Waals surface area contributed by atoms with Crippen molar-refractivity contribution in [2.75, 3.05) is 26.2 Å². The average molecular weight is 188 g/mol. The summed E-state index contributed by atoms with van der Waals surface area (Å²) in [5.41, 5.74) is 0. The fourth-order valence-corrected chi connectivity index (χ4v) is 1.95. The maximum absolute atomic E-state index is 9.27. The summed E-state index contributed by atoms with van der Waals surface area (Å²) in [6, 6.07) is 0.935. The molecule has 13 heavy (non-hydrogen) atoms. The van der Waals surface area contributed by atoms with Crippen molar-refractivity contribution in [3.05, 3.63) is 0 Å². The van der Waals surface area contributed by atoms with Crippen molar-refractivity contribution in [2.45, 2.75) is 32.0 Å². The Balaban J connectivity index is 2.32. The quantitative estimate of drug-likeness (QED) is 0.533. The van der Waals surface area contributed by atoms with Gasteiger partial charge in [-0.15, -0.1) is 0 Å². The molecule has 0 aromatic rings. The SMILES string of the molecule is CC1CN(CC(O)CO)CC(C)N1. The second-order valence-corrected chi connectivity index (χ2v) is 4.02. The van der Waals surface area contributed by atoms with Crippen LogP contribution in [0.1, 0.15) is 13.8 Å². The summed E-state index contributed by atoms with van der Waals surface area (Å²) in [5.74, 6) is 0. The van der Waals surface area contributed by atoms with Crippen molar-refractivity contribution < 1.29 is 10.2 Å². The van der Waals surface area contributed by atoms with Crippen molar-refractivity contribution in [3.8, 4) is 0 Å². The van der Waals surface area contributed by atoms with Gasteiger partial charge in [0.25, 0.3) is 0 Å². The second kappa shape index (κ2) is 4.91.